The van der Waals surface area contributed by atoms with Crippen LogP contribution >= 0.6 is 0 Å². The minimum atomic E-state index is -0.473. The number of phenols is 1. The standard InChI is InChI=1S/C35H54N2O8/c1-6-22(3)34(41)45-31-16-21(2)15-25-9-7-23(4)28(33(25)31)11-10-27-18-26(19-32(40)36-13-14-38)37(35(42)44-27)20-24-8-12-29(39)30(17-24)43-5/h8,12,17,21-23,25-28,31,33,38-39H,6-7,9-11,13-16,18-20H2,1-5H3,(H,36,40)/t21-,22-,23-,25?,26+,27+,28-,31-,33?/m0/s1. The van der Waals surface area contributed by atoms with E-state index < -0.39 is 12.1 Å². The maximum Gasteiger partial charge on any atom is 0.410 e. The number of phenolic OH excluding ortho intramolecular Hbond substituents is 1. The Bertz CT molecular complexity index is 1160. The molecule has 2 saturated carbocycles. The summed E-state index contributed by atoms with van der Waals surface area (Å²) >= 11 is 0. The van der Waals surface area contributed by atoms with Crippen LogP contribution in [0.2, 0.25) is 0 Å². The number of fused-ring (bicyclic) bond motifs is 1. The molecule has 0 spiro atoms. The summed E-state index contributed by atoms with van der Waals surface area (Å²) in [5, 5.41) is 21.9. The molecule has 2 aliphatic carbocycles. The lowest BCUT2D eigenvalue weighted by atomic mass is 9.58. The van der Waals surface area contributed by atoms with Crippen molar-refractivity contribution < 1.29 is 38.8 Å². The van der Waals surface area contributed by atoms with E-state index in [0.717, 1.165) is 44.1 Å². The van der Waals surface area contributed by atoms with E-state index in [1.165, 1.54) is 13.2 Å². The number of carbonyl (C=O) groups excluding carboxylic acids is 3. The Morgan fingerprint density at radius 2 is 1.93 bits per heavy atom. The molecule has 1 saturated heterocycles. The average Bonchev–Trinajstić information content (AvgIpc) is 3.01. The third-order valence-electron chi connectivity index (χ3n) is 10.6. The van der Waals surface area contributed by atoms with Gasteiger partial charge in [0.05, 0.1) is 19.6 Å². The SMILES string of the molecule is CC[C@H](C)C(=O)O[C@H]1C[C@@H](C)CC2CC[C@H](C)[C@H](CC[C@@H]3C[C@H](CC(=O)NCCO)N(Cc4ccc(O)c(OC)c4)C(=O)O3)C21. The first-order valence-electron chi connectivity index (χ1n) is 17.0. The fourth-order valence-electron chi connectivity index (χ4n) is 7.95. The van der Waals surface area contributed by atoms with Gasteiger partial charge < -0.3 is 34.6 Å². The van der Waals surface area contributed by atoms with Crippen molar-refractivity contribution in [2.45, 2.75) is 110 Å². The third kappa shape index (κ3) is 8.83. The molecule has 1 aromatic carbocycles. The number of methoxy groups -OCH3 is 1. The highest BCUT2D eigenvalue weighted by molar-refractivity contribution is 5.78. The quantitative estimate of drug-likeness (QED) is 0.246. The topological polar surface area (TPSA) is 135 Å². The molecule has 0 radical (unpaired) electrons. The number of aliphatic hydroxyl groups excluding tert-OH is 1. The molecule has 2 amide bonds. The second-order valence-electron chi connectivity index (χ2n) is 13.8. The molecule has 45 heavy (non-hydrogen) atoms. The molecule has 10 heteroatoms. The Morgan fingerprint density at radius 3 is 2.64 bits per heavy atom. The molecule has 10 nitrogen and oxygen atoms in total. The summed E-state index contributed by atoms with van der Waals surface area (Å²) in [5.41, 5.74) is 0.743. The van der Waals surface area contributed by atoms with E-state index in [2.05, 4.69) is 19.2 Å². The second kappa shape index (κ2) is 16.0. The van der Waals surface area contributed by atoms with Crippen molar-refractivity contribution in [2.24, 2.45) is 35.5 Å². The maximum atomic E-state index is 13.5. The highest BCUT2D eigenvalue weighted by Gasteiger charge is 2.47. The molecule has 2 unspecified atom stereocenters. The summed E-state index contributed by atoms with van der Waals surface area (Å²) in [6.45, 7) is 8.72. The molecule has 1 aromatic rings. The number of aromatic hydroxyl groups is 1. The lowest BCUT2D eigenvalue weighted by Crippen LogP contribution is -2.51. The van der Waals surface area contributed by atoms with Gasteiger partial charge in [-0.1, -0.05) is 40.2 Å². The summed E-state index contributed by atoms with van der Waals surface area (Å²) < 4.78 is 17.5. The van der Waals surface area contributed by atoms with Gasteiger partial charge in [0.1, 0.15) is 12.2 Å². The van der Waals surface area contributed by atoms with E-state index in [1.807, 2.05) is 13.8 Å². The Balaban J connectivity index is 1.48. The fraction of sp³-hybridized carbons (Fsp3) is 0.743. The number of hydrogen-bond acceptors (Lipinski definition) is 8. The van der Waals surface area contributed by atoms with Crippen LogP contribution in [0.3, 0.4) is 0 Å². The lowest BCUT2D eigenvalue weighted by Gasteiger charge is -2.50. The molecule has 3 aliphatic rings. The molecular formula is C35H54N2O8. The van der Waals surface area contributed by atoms with Gasteiger partial charge in [-0.3, -0.25) is 9.59 Å². The van der Waals surface area contributed by atoms with Gasteiger partial charge in [0.25, 0.3) is 0 Å². The van der Waals surface area contributed by atoms with Crippen molar-refractivity contribution in [3.05, 3.63) is 23.8 Å². The van der Waals surface area contributed by atoms with Gasteiger partial charge in [0.15, 0.2) is 11.5 Å². The number of nitrogens with zero attached hydrogens (tertiary/aromatic N) is 1. The van der Waals surface area contributed by atoms with Crippen molar-refractivity contribution in [3.63, 3.8) is 0 Å². The minimum Gasteiger partial charge on any atom is -0.504 e. The minimum absolute atomic E-state index is 0.00551. The van der Waals surface area contributed by atoms with Crippen molar-refractivity contribution in [1.82, 2.24) is 10.2 Å². The molecular weight excluding hydrogens is 576 g/mol. The maximum absolute atomic E-state index is 13.5. The zero-order valence-corrected chi connectivity index (χ0v) is 27.7. The van der Waals surface area contributed by atoms with Crippen LogP contribution in [0.5, 0.6) is 11.5 Å². The Kier molecular flexibility index (Phi) is 12.4. The lowest BCUT2D eigenvalue weighted by molar-refractivity contribution is -0.167. The van der Waals surface area contributed by atoms with Gasteiger partial charge in [-0.25, -0.2) is 4.79 Å². The molecule has 252 valence electrons. The molecule has 1 aliphatic heterocycles. The first kappa shape index (κ1) is 34.9. The Hall–Kier alpha value is -3.01. The fourth-order valence-corrected chi connectivity index (χ4v) is 7.95. The Labute approximate surface area is 268 Å². The zero-order chi connectivity index (χ0) is 32.7. The van der Waals surface area contributed by atoms with Gasteiger partial charge in [0.2, 0.25) is 5.91 Å². The number of carbonyl (C=O) groups is 3. The molecule has 0 aromatic heterocycles. The monoisotopic (exact) mass is 630 g/mol. The smallest absolute Gasteiger partial charge is 0.410 e. The first-order chi connectivity index (χ1) is 21.5. The zero-order valence-electron chi connectivity index (χ0n) is 27.7. The van der Waals surface area contributed by atoms with Crippen LogP contribution in [-0.4, -0.2) is 71.6 Å². The summed E-state index contributed by atoms with van der Waals surface area (Å²) in [6, 6.07) is 4.52. The molecule has 9 atom stereocenters. The van der Waals surface area contributed by atoms with Crippen molar-refractivity contribution in [1.29, 1.82) is 0 Å². The number of amides is 2. The second-order valence-corrected chi connectivity index (χ2v) is 13.8. The van der Waals surface area contributed by atoms with Crippen LogP contribution in [0.25, 0.3) is 0 Å². The van der Waals surface area contributed by atoms with E-state index in [4.69, 9.17) is 14.2 Å². The third-order valence-corrected chi connectivity index (χ3v) is 10.6. The molecule has 1 heterocycles. The van der Waals surface area contributed by atoms with Crippen molar-refractivity contribution in [2.75, 3.05) is 20.3 Å². The summed E-state index contributed by atoms with van der Waals surface area (Å²) in [6.07, 6.45) is 6.38. The van der Waals surface area contributed by atoms with Crippen molar-refractivity contribution in [3.8, 4) is 11.5 Å². The molecule has 3 N–H and O–H groups in total. The van der Waals surface area contributed by atoms with E-state index in [-0.39, 0.29) is 61.9 Å². The van der Waals surface area contributed by atoms with Crippen molar-refractivity contribution >= 4 is 18.0 Å². The summed E-state index contributed by atoms with van der Waals surface area (Å²) in [4.78, 5) is 40.7. The number of aliphatic hydroxyl groups is 1. The van der Waals surface area contributed by atoms with E-state index in [0.29, 0.717) is 48.2 Å². The van der Waals surface area contributed by atoms with Crippen LogP contribution in [0, 0.1) is 35.5 Å². The highest BCUT2D eigenvalue weighted by Crippen LogP contribution is 2.51. The van der Waals surface area contributed by atoms with Crippen LogP contribution in [0.1, 0.15) is 91.0 Å². The van der Waals surface area contributed by atoms with Gasteiger partial charge in [-0.05, 0) is 79.9 Å². The summed E-state index contributed by atoms with van der Waals surface area (Å²) in [5.74, 6) is 2.06. The first-order valence-corrected chi connectivity index (χ1v) is 17.0. The van der Waals surface area contributed by atoms with E-state index >= 15 is 0 Å². The normalized spacial score (nSPS) is 30.5. The van der Waals surface area contributed by atoms with Crippen LogP contribution in [-0.2, 0) is 25.6 Å². The van der Waals surface area contributed by atoms with Gasteiger partial charge in [-0.15, -0.1) is 0 Å². The molecule has 0 bridgehead atoms. The number of nitrogens with one attached hydrogen (secondary N) is 1. The predicted molar refractivity (Wildman–Crippen MR) is 169 cm³/mol. The number of esters is 1. The summed E-state index contributed by atoms with van der Waals surface area (Å²) in [7, 11) is 1.47. The number of hydrogen-bond donors (Lipinski definition) is 3. The number of ether oxygens (including phenoxy) is 3. The van der Waals surface area contributed by atoms with Crippen LogP contribution < -0.4 is 10.1 Å². The number of benzene rings is 1. The highest BCUT2D eigenvalue weighted by atomic mass is 16.6. The number of cyclic esters (lactones) is 1. The van der Waals surface area contributed by atoms with Gasteiger partial charge >= 0.3 is 12.1 Å². The molecule has 3 fully saturated rings. The largest absolute Gasteiger partial charge is 0.504 e. The van der Waals surface area contributed by atoms with E-state index in [9.17, 15) is 24.6 Å². The van der Waals surface area contributed by atoms with E-state index in [1.54, 1.807) is 17.0 Å². The van der Waals surface area contributed by atoms with Crippen LogP contribution in [0.15, 0.2) is 18.2 Å². The average molecular weight is 631 g/mol. The van der Waals surface area contributed by atoms with Gasteiger partial charge in [0, 0.05) is 37.9 Å². The predicted octanol–water partition coefficient (Wildman–Crippen LogP) is 5.43. The Morgan fingerprint density at radius 1 is 1.16 bits per heavy atom. The van der Waals surface area contributed by atoms with Gasteiger partial charge in [-0.2, -0.15) is 0 Å². The number of rotatable bonds is 13. The molecule has 4 rings (SSSR count). The van der Waals surface area contributed by atoms with Crippen LogP contribution in [0.4, 0.5) is 4.79 Å².